The fraction of sp³-hybridized carbons (Fsp3) is 0.467. The smallest absolute Gasteiger partial charge is 0.231 e. The van der Waals surface area contributed by atoms with Crippen LogP contribution in [0, 0.1) is 0 Å². The third-order valence-electron chi connectivity index (χ3n) is 3.47. The van der Waals surface area contributed by atoms with Gasteiger partial charge in [-0.1, -0.05) is 34.9 Å². The Morgan fingerprint density at radius 3 is 2.67 bits per heavy atom. The predicted octanol–water partition coefficient (Wildman–Crippen LogP) is 4.23. The molecule has 4 nitrogen and oxygen atoms in total. The van der Waals surface area contributed by atoms with Gasteiger partial charge in [0.1, 0.15) is 0 Å². The molecule has 1 N–H and O–H groups in total. The highest BCUT2D eigenvalue weighted by Crippen LogP contribution is 2.25. The van der Waals surface area contributed by atoms with E-state index in [4.69, 9.17) is 4.52 Å². The summed E-state index contributed by atoms with van der Waals surface area (Å²) in [5, 5.41) is 7.36. The molecule has 21 heavy (non-hydrogen) atoms. The number of nitrogens with zero attached hydrogens (tertiary/aromatic N) is 2. The number of halogens is 1. The molecular formula is C15H20BrN3OS. The highest BCUT2D eigenvalue weighted by molar-refractivity contribution is 9.10. The predicted molar refractivity (Wildman–Crippen MR) is 89.6 cm³/mol. The lowest BCUT2D eigenvalue weighted by molar-refractivity contribution is 0.324. The first-order valence-electron chi connectivity index (χ1n) is 7.02. The molecule has 1 heterocycles. The summed E-state index contributed by atoms with van der Waals surface area (Å²) in [5.74, 6) is 2.39. The molecule has 0 spiro atoms. The number of thioether (sulfide) groups is 1. The SMILES string of the molecule is CCC(NC)C(C)c1nc(CSc2ccc(Br)cc2)no1. The summed E-state index contributed by atoms with van der Waals surface area (Å²) in [5.41, 5.74) is 0. The minimum absolute atomic E-state index is 0.221. The summed E-state index contributed by atoms with van der Waals surface area (Å²) in [6.45, 7) is 4.27. The molecule has 0 amide bonds. The van der Waals surface area contributed by atoms with Crippen molar-refractivity contribution in [2.75, 3.05) is 7.05 Å². The first-order valence-corrected chi connectivity index (χ1v) is 8.80. The van der Waals surface area contributed by atoms with Crippen LogP contribution in [0.1, 0.15) is 37.9 Å². The van der Waals surface area contributed by atoms with Crippen LogP contribution in [-0.2, 0) is 5.75 Å². The molecule has 0 bridgehead atoms. The van der Waals surface area contributed by atoms with E-state index in [-0.39, 0.29) is 5.92 Å². The van der Waals surface area contributed by atoms with E-state index < -0.39 is 0 Å². The summed E-state index contributed by atoms with van der Waals surface area (Å²) < 4.78 is 6.48. The Morgan fingerprint density at radius 1 is 1.33 bits per heavy atom. The highest BCUT2D eigenvalue weighted by Gasteiger charge is 2.21. The third kappa shape index (κ3) is 4.56. The lowest BCUT2D eigenvalue weighted by atomic mass is 10.00. The van der Waals surface area contributed by atoms with Crippen LogP contribution in [0.15, 0.2) is 38.2 Å². The maximum Gasteiger partial charge on any atom is 0.231 e. The molecule has 0 saturated carbocycles. The van der Waals surface area contributed by atoms with Gasteiger partial charge in [-0.2, -0.15) is 4.98 Å². The van der Waals surface area contributed by atoms with Crippen molar-refractivity contribution in [2.24, 2.45) is 0 Å². The van der Waals surface area contributed by atoms with Crippen LogP contribution in [0.2, 0.25) is 0 Å². The Bertz CT molecular complexity index is 554. The molecule has 0 aliphatic rings. The molecule has 1 aromatic carbocycles. The normalized spacial score (nSPS) is 14.1. The van der Waals surface area contributed by atoms with Crippen molar-refractivity contribution >= 4 is 27.7 Å². The zero-order valence-electron chi connectivity index (χ0n) is 12.5. The van der Waals surface area contributed by atoms with Gasteiger partial charge < -0.3 is 9.84 Å². The van der Waals surface area contributed by atoms with Crippen LogP contribution >= 0.6 is 27.7 Å². The van der Waals surface area contributed by atoms with Gasteiger partial charge >= 0.3 is 0 Å². The summed E-state index contributed by atoms with van der Waals surface area (Å²) in [6, 6.07) is 8.58. The number of likely N-dealkylation sites (N-methyl/N-ethyl adjacent to an activating group) is 1. The Hall–Kier alpha value is -0.850. The lowest BCUT2D eigenvalue weighted by Crippen LogP contribution is -2.30. The minimum Gasteiger partial charge on any atom is -0.339 e. The van der Waals surface area contributed by atoms with Crippen molar-refractivity contribution < 1.29 is 4.52 Å². The quantitative estimate of drug-likeness (QED) is 0.740. The molecule has 2 aromatic rings. The lowest BCUT2D eigenvalue weighted by Gasteiger charge is -2.18. The van der Waals surface area contributed by atoms with E-state index in [1.165, 1.54) is 4.90 Å². The highest BCUT2D eigenvalue weighted by atomic mass is 79.9. The summed E-state index contributed by atoms with van der Waals surface area (Å²) >= 11 is 5.14. The van der Waals surface area contributed by atoms with Crippen LogP contribution in [-0.4, -0.2) is 23.2 Å². The number of hydrogen-bond donors (Lipinski definition) is 1. The monoisotopic (exact) mass is 369 g/mol. The average Bonchev–Trinajstić information content (AvgIpc) is 2.97. The van der Waals surface area contributed by atoms with Gasteiger partial charge in [0.2, 0.25) is 5.89 Å². The number of nitrogens with one attached hydrogen (secondary N) is 1. The molecule has 2 rings (SSSR count). The molecular weight excluding hydrogens is 350 g/mol. The first-order chi connectivity index (χ1) is 10.1. The van der Waals surface area contributed by atoms with Gasteiger partial charge in [0, 0.05) is 15.4 Å². The molecule has 2 atom stereocenters. The molecule has 1 aromatic heterocycles. The molecule has 0 aliphatic heterocycles. The summed E-state index contributed by atoms with van der Waals surface area (Å²) in [6.07, 6.45) is 1.03. The van der Waals surface area contributed by atoms with Gasteiger partial charge in [-0.05, 0) is 37.7 Å². The summed E-state index contributed by atoms with van der Waals surface area (Å²) in [4.78, 5) is 5.71. The van der Waals surface area contributed by atoms with Gasteiger partial charge in [0.15, 0.2) is 5.82 Å². The number of benzene rings is 1. The van der Waals surface area contributed by atoms with Crippen molar-refractivity contribution in [2.45, 2.75) is 42.9 Å². The Labute approximate surface area is 138 Å². The van der Waals surface area contributed by atoms with E-state index in [9.17, 15) is 0 Å². The molecule has 0 radical (unpaired) electrons. The van der Waals surface area contributed by atoms with Gasteiger partial charge in [-0.25, -0.2) is 0 Å². The fourth-order valence-electron chi connectivity index (χ4n) is 2.17. The first kappa shape index (κ1) is 16.5. The maximum atomic E-state index is 5.40. The van der Waals surface area contributed by atoms with Crippen LogP contribution in [0.4, 0.5) is 0 Å². The molecule has 0 fully saturated rings. The molecule has 6 heteroatoms. The van der Waals surface area contributed by atoms with Crippen molar-refractivity contribution in [1.29, 1.82) is 0 Å². The molecule has 0 aliphatic carbocycles. The van der Waals surface area contributed by atoms with E-state index in [1.807, 2.05) is 19.2 Å². The zero-order valence-corrected chi connectivity index (χ0v) is 14.9. The van der Waals surface area contributed by atoms with Crippen LogP contribution in [0.5, 0.6) is 0 Å². The van der Waals surface area contributed by atoms with Gasteiger partial charge in [-0.15, -0.1) is 11.8 Å². The van der Waals surface area contributed by atoms with Crippen molar-refractivity contribution in [3.8, 4) is 0 Å². The van der Waals surface area contributed by atoms with E-state index in [2.05, 4.69) is 57.4 Å². The van der Waals surface area contributed by atoms with Gasteiger partial charge in [0.05, 0.1) is 11.7 Å². The maximum absolute atomic E-state index is 5.40. The van der Waals surface area contributed by atoms with Crippen molar-refractivity contribution in [3.05, 3.63) is 40.5 Å². The second-order valence-electron chi connectivity index (χ2n) is 4.88. The summed E-state index contributed by atoms with van der Waals surface area (Å²) in [7, 11) is 1.96. The van der Waals surface area contributed by atoms with E-state index in [0.717, 1.165) is 16.7 Å². The van der Waals surface area contributed by atoms with Crippen molar-refractivity contribution in [3.63, 3.8) is 0 Å². The van der Waals surface area contributed by atoms with Crippen LogP contribution in [0.25, 0.3) is 0 Å². The minimum atomic E-state index is 0.221. The van der Waals surface area contributed by atoms with E-state index in [1.54, 1.807) is 11.8 Å². The van der Waals surface area contributed by atoms with E-state index in [0.29, 0.717) is 17.7 Å². The Morgan fingerprint density at radius 2 is 2.05 bits per heavy atom. The largest absolute Gasteiger partial charge is 0.339 e. The van der Waals surface area contributed by atoms with Crippen LogP contribution < -0.4 is 5.32 Å². The van der Waals surface area contributed by atoms with Crippen LogP contribution in [0.3, 0.4) is 0 Å². The average molecular weight is 370 g/mol. The molecule has 114 valence electrons. The zero-order chi connectivity index (χ0) is 15.2. The number of rotatable bonds is 7. The number of aromatic nitrogens is 2. The second kappa shape index (κ2) is 7.96. The van der Waals surface area contributed by atoms with Gasteiger partial charge in [0.25, 0.3) is 0 Å². The van der Waals surface area contributed by atoms with E-state index >= 15 is 0 Å². The fourth-order valence-corrected chi connectivity index (χ4v) is 3.18. The standard InChI is InChI=1S/C15H20BrN3OS/c1-4-13(17-3)10(2)15-18-14(19-20-15)9-21-12-7-5-11(16)6-8-12/h5-8,10,13,17H,4,9H2,1-3H3. The second-order valence-corrected chi connectivity index (χ2v) is 6.85. The Balaban J connectivity index is 1.95. The molecule has 2 unspecified atom stereocenters. The third-order valence-corrected chi connectivity index (χ3v) is 5.01. The molecule has 0 saturated heterocycles. The van der Waals surface area contributed by atoms with Gasteiger partial charge in [-0.3, -0.25) is 0 Å². The topological polar surface area (TPSA) is 51.0 Å². The number of hydrogen-bond acceptors (Lipinski definition) is 5. The van der Waals surface area contributed by atoms with Crippen molar-refractivity contribution in [1.82, 2.24) is 15.5 Å². The Kier molecular flexibility index (Phi) is 6.26.